The molecule has 0 aromatic rings. The molecule has 0 fully saturated rings. The monoisotopic (exact) mass is 235 g/mol. The van der Waals surface area contributed by atoms with E-state index < -0.39 is 15.7 Å². The van der Waals surface area contributed by atoms with Crippen molar-refractivity contribution in [1.29, 1.82) is 0 Å². The van der Waals surface area contributed by atoms with Crippen molar-refractivity contribution in [2.45, 2.75) is 33.5 Å². The Kier molecular flexibility index (Phi) is 3.62. The van der Waals surface area contributed by atoms with Gasteiger partial charge in [-0.05, 0) is 13.8 Å². The topological polar surface area (TPSA) is 3.24 Å². The number of hydrogen-bond acceptors (Lipinski definition) is 1. The molecule has 0 radical (unpaired) electrons. The summed E-state index contributed by atoms with van der Waals surface area (Å²) in [5.74, 6) is 0. The molecule has 0 aromatic heterocycles. The summed E-state index contributed by atoms with van der Waals surface area (Å²) in [6, 6.07) is 0. The van der Waals surface area contributed by atoms with Gasteiger partial charge in [0.15, 0.2) is 0 Å². The van der Waals surface area contributed by atoms with Crippen molar-refractivity contribution in [3.05, 3.63) is 11.1 Å². The van der Waals surface area contributed by atoms with Crippen molar-refractivity contribution < 1.29 is 0 Å². The quantitative estimate of drug-likeness (QED) is 0.377. The van der Waals surface area contributed by atoms with E-state index in [1.165, 1.54) is 11.1 Å². The average Bonchev–Trinajstić information content (AvgIpc) is 1.94. The van der Waals surface area contributed by atoms with E-state index in [9.17, 15) is 0 Å². The molecule has 1 nitrogen and oxygen atoms in total. The standard InChI is InChI=1S/C9H19ClNPSi/c1-8-6-11(13(3,4)5)12(10)7-9(8)2/h6-7H2,1-5H3. The van der Waals surface area contributed by atoms with Gasteiger partial charge in [0.2, 0.25) is 0 Å². The van der Waals surface area contributed by atoms with Gasteiger partial charge in [0, 0.05) is 12.7 Å². The summed E-state index contributed by atoms with van der Waals surface area (Å²) in [6.07, 6.45) is 1.10. The summed E-state index contributed by atoms with van der Waals surface area (Å²) in [5, 5.41) is 0. The molecular formula is C9H19ClNPSi. The minimum atomic E-state index is -1.19. The van der Waals surface area contributed by atoms with Crippen LogP contribution in [0.25, 0.3) is 0 Å². The van der Waals surface area contributed by atoms with E-state index in [-0.39, 0.29) is 0 Å². The number of rotatable bonds is 1. The van der Waals surface area contributed by atoms with Crippen LogP contribution in [0.4, 0.5) is 0 Å². The van der Waals surface area contributed by atoms with Crippen LogP contribution >= 0.6 is 18.7 Å². The Morgan fingerprint density at radius 1 is 1.23 bits per heavy atom. The fourth-order valence-corrected chi connectivity index (χ4v) is 8.88. The molecule has 0 bridgehead atoms. The lowest BCUT2D eigenvalue weighted by Crippen LogP contribution is -2.44. The maximum absolute atomic E-state index is 6.42. The number of halogens is 1. The number of allylic oxidation sites excluding steroid dienone is 1. The molecule has 1 rings (SSSR count). The first-order valence-corrected chi connectivity index (χ1v) is 10.5. The second-order valence-corrected chi connectivity index (χ2v) is 12.7. The van der Waals surface area contributed by atoms with Crippen LogP contribution in [0.5, 0.6) is 0 Å². The third-order valence-electron chi connectivity index (χ3n) is 2.52. The Labute approximate surface area is 88.8 Å². The summed E-state index contributed by atoms with van der Waals surface area (Å²) in [5.41, 5.74) is 3.04. The van der Waals surface area contributed by atoms with Gasteiger partial charge in [-0.15, -0.1) is 0 Å². The number of hydrogen-bond donors (Lipinski definition) is 0. The second-order valence-electron chi connectivity index (χ2n) is 4.78. The van der Waals surface area contributed by atoms with Crippen molar-refractivity contribution in [2.24, 2.45) is 0 Å². The maximum Gasteiger partial charge on any atom is 0.125 e. The van der Waals surface area contributed by atoms with Gasteiger partial charge in [-0.3, -0.25) is 4.34 Å². The van der Waals surface area contributed by atoms with Gasteiger partial charge in [-0.25, -0.2) is 0 Å². The summed E-state index contributed by atoms with van der Waals surface area (Å²) in [7, 11) is -1.59. The first-order valence-electron chi connectivity index (χ1n) is 4.68. The molecule has 0 saturated heterocycles. The smallest absolute Gasteiger partial charge is 0.125 e. The Balaban J connectivity index is 2.82. The molecule has 0 aromatic carbocycles. The summed E-state index contributed by atoms with van der Waals surface area (Å²) in [4.78, 5) is 0. The molecule has 1 heterocycles. The highest BCUT2D eigenvalue weighted by atomic mass is 35.7. The first kappa shape index (κ1) is 11.7. The summed E-state index contributed by atoms with van der Waals surface area (Å²) < 4.78 is 2.56. The molecule has 0 spiro atoms. The Morgan fingerprint density at radius 2 is 1.77 bits per heavy atom. The molecule has 4 heteroatoms. The molecule has 1 atom stereocenters. The van der Waals surface area contributed by atoms with Crippen LogP contribution < -0.4 is 0 Å². The van der Waals surface area contributed by atoms with Crippen molar-refractivity contribution >= 4 is 26.9 Å². The predicted octanol–water partition coefficient (Wildman–Crippen LogP) is 4.02. The maximum atomic E-state index is 6.42. The van der Waals surface area contributed by atoms with Crippen LogP contribution in [0.1, 0.15) is 13.8 Å². The van der Waals surface area contributed by atoms with E-state index in [0.29, 0.717) is 0 Å². The molecule has 0 amide bonds. The van der Waals surface area contributed by atoms with Gasteiger partial charge < -0.3 is 0 Å². The van der Waals surface area contributed by atoms with Crippen LogP contribution in [0.15, 0.2) is 11.1 Å². The summed E-state index contributed by atoms with van der Waals surface area (Å²) >= 11 is 6.42. The Hall–Kier alpha value is 0.637. The zero-order chi connectivity index (χ0) is 10.2. The molecular weight excluding hydrogens is 217 g/mol. The van der Waals surface area contributed by atoms with Gasteiger partial charge in [-0.1, -0.05) is 42.0 Å². The lowest BCUT2D eigenvalue weighted by Gasteiger charge is -2.41. The largest absolute Gasteiger partial charge is 0.287 e. The third-order valence-corrected chi connectivity index (χ3v) is 9.44. The Morgan fingerprint density at radius 3 is 2.23 bits per heavy atom. The number of nitrogens with zero attached hydrogens (tertiary/aromatic N) is 1. The molecule has 0 saturated carbocycles. The normalized spacial score (nSPS) is 26.8. The zero-order valence-corrected chi connectivity index (χ0v) is 11.8. The van der Waals surface area contributed by atoms with Gasteiger partial charge in [0.1, 0.15) is 8.24 Å². The van der Waals surface area contributed by atoms with E-state index in [2.05, 4.69) is 37.8 Å². The van der Waals surface area contributed by atoms with Crippen molar-refractivity contribution in [3.63, 3.8) is 0 Å². The summed E-state index contributed by atoms with van der Waals surface area (Å²) in [6.45, 7) is 12.7. The van der Waals surface area contributed by atoms with Gasteiger partial charge in [-0.2, -0.15) is 0 Å². The third kappa shape index (κ3) is 2.79. The minimum absolute atomic E-state index is 0.400. The molecule has 1 aliphatic rings. The van der Waals surface area contributed by atoms with Crippen LogP contribution in [0.2, 0.25) is 19.6 Å². The zero-order valence-electron chi connectivity index (χ0n) is 9.19. The van der Waals surface area contributed by atoms with Crippen molar-refractivity contribution in [3.8, 4) is 0 Å². The Bertz CT molecular complexity index is 234. The lowest BCUT2D eigenvalue weighted by molar-refractivity contribution is 0.701. The SMILES string of the molecule is CC1=C(C)CP(Cl)N([Si](C)(C)C)C1. The van der Waals surface area contributed by atoms with Crippen molar-refractivity contribution in [1.82, 2.24) is 4.34 Å². The lowest BCUT2D eigenvalue weighted by atomic mass is 10.2. The van der Waals surface area contributed by atoms with E-state index in [1.807, 2.05) is 0 Å². The predicted molar refractivity (Wildman–Crippen MR) is 66.1 cm³/mol. The molecule has 76 valence electrons. The molecule has 1 aliphatic heterocycles. The van der Waals surface area contributed by atoms with E-state index in [0.717, 1.165) is 12.7 Å². The van der Waals surface area contributed by atoms with Gasteiger partial charge in [0.05, 0.1) is 7.43 Å². The highest BCUT2D eigenvalue weighted by Crippen LogP contribution is 2.52. The molecule has 13 heavy (non-hydrogen) atoms. The highest BCUT2D eigenvalue weighted by Gasteiger charge is 2.32. The average molecular weight is 236 g/mol. The van der Waals surface area contributed by atoms with Crippen LogP contribution in [-0.4, -0.2) is 25.3 Å². The van der Waals surface area contributed by atoms with Crippen LogP contribution in [0.3, 0.4) is 0 Å². The molecule has 0 N–H and O–H groups in total. The van der Waals surface area contributed by atoms with Gasteiger partial charge >= 0.3 is 0 Å². The molecule has 0 aliphatic carbocycles. The van der Waals surface area contributed by atoms with Crippen LogP contribution in [-0.2, 0) is 0 Å². The van der Waals surface area contributed by atoms with E-state index >= 15 is 0 Å². The van der Waals surface area contributed by atoms with E-state index in [1.54, 1.807) is 0 Å². The fourth-order valence-electron chi connectivity index (χ4n) is 1.42. The second kappa shape index (κ2) is 4.02. The van der Waals surface area contributed by atoms with Crippen molar-refractivity contribution in [2.75, 3.05) is 12.7 Å². The minimum Gasteiger partial charge on any atom is -0.287 e. The first-order chi connectivity index (χ1) is 5.82. The van der Waals surface area contributed by atoms with Gasteiger partial charge in [0.25, 0.3) is 0 Å². The molecule has 1 unspecified atom stereocenters. The fraction of sp³-hybridized carbons (Fsp3) is 0.778. The van der Waals surface area contributed by atoms with Crippen LogP contribution in [0, 0.1) is 0 Å². The van der Waals surface area contributed by atoms with E-state index in [4.69, 9.17) is 11.2 Å². The highest BCUT2D eigenvalue weighted by molar-refractivity contribution is 7.83.